The van der Waals surface area contributed by atoms with Gasteiger partial charge in [0.15, 0.2) is 15.8 Å². The number of nitrogens with two attached hydrogens (primary N) is 1. The Morgan fingerprint density at radius 1 is 1.32 bits per heavy atom. The molecule has 1 aliphatic rings. The molecule has 2 rings (SSSR count). The molecule has 1 heterocycles. The number of hydrogen-bond donors (Lipinski definition) is 1. The summed E-state index contributed by atoms with van der Waals surface area (Å²) in [5.41, 5.74) is 5.84. The van der Waals surface area contributed by atoms with Crippen LogP contribution in [0.1, 0.15) is 0 Å². The summed E-state index contributed by atoms with van der Waals surface area (Å²) < 4.78 is 37.6. The number of halogens is 2. The van der Waals surface area contributed by atoms with Crippen molar-refractivity contribution in [2.45, 2.75) is 4.90 Å². The standard InChI is InChI=1S/C13H18FN3O2S2.HI/c14-11-3-1-2-4-12(11)21(18,19)10-5-16-13(15)17-6-8-20-9-7-17;/h1-4H,5-10H2,(H2,15,16);1H. The van der Waals surface area contributed by atoms with Gasteiger partial charge in [-0.05, 0) is 12.1 Å². The Kier molecular flexibility index (Phi) is 7.90. The van der Waals surface area contributed by atoms with E-state index in [-0.39, 0.29) is 41.2 Å². The fourth-order valence-electron chi connectivity index (χ4n) is 1.98. The fourth-order valence-corrected chi connectivity index (χ4v) is 4.09. The zero-order chi connectivity index (χ0) is 15.3. The van der Waals surface area contributed by atoms with Crippen LogP contribution in [-0.4, -0.2) is 56.2 Å². The highest BCUT2D eigenvalue weighted by molar-refractivity contribution is 14.0. The molecule has 22 heavy (non-hydrogen) atoms. The topological polar surface area (TPSA) is 75.8 Å². The lowest BCUT2D eigenvalue weighted by Crippen LogP contribution is -2.42. The molecule has 1 aromatic carbocycles. The van der Waals surface area contributed by atoms with Gasteiger partial charge in [0.05, 0.1) is 12.3 Å². The van der Waals surface area contributed by atoms with Crippen LogP contribution in [0.15, 0.2) is 34.2 Å². The van der Waals surface area contributed by atoms with E-state index in [9.17, 15) is 12.8 Å². The summed E-state index contributed by atoms with van der Waals surface area (Å²) in [7, 11) is -3.68. The second kappa shape index (κ2) is 8.92. The van der Waals surface area contributed by atoms with Crippen molar-refractivity contribution < 1.29 is 12.8 Å². The van der Waals surface area contributed by atoms with Gasteiger partial charge in [0, 0.05) is 24.6 Å². The van der Waals surface area contributed by atoms with Crippen LogP contribution in [0, 0.1) is 5.82 Å². The molecule has 0 aromatic heterocycles. The molecule has 0 unspecified atom stereocenters. The Balaban J connectivity index is 0.00000242. The molecule has 1 saturated heterocycles. The van der Waals surface area contributed by atoms with E-state index < -0.39 is 15.7 Å². The van der Waals surface area contributed by atoms with Crippen LogP contribution >= 0.6 is 35.7 Å². The summed E-state index contributed by atoms with van der Waals surface area (Å²) in [6, 6.07) is 5.35. The molecule has 0 amide bonds. The van der Waals surface area contributed by atoms with Crippen molar-refractivity contribution in [3.63, 3.8) is 0 Å². The highest BCUT2D eigenvalue weighted by Crippen LogP contribution is 2.15. The monoisotopic (exact) mass is 459 g/mol. The molecule has 0 aliphatic carbocycles. The third kappa shape index (κ3) is 5.27. The molecule has 124 valence electrons. The molecule has 5 nitrogen and oxygen atoms in total. The maximum Gasteiger partial charge on any atom is 0.191 e. The largest absolute Gasteiger partial charge is 0.370 e. The third-order valence-electron chi connectivity index (χ3n) is 3.14. The van der Waals surface area contributed by atoms with Crippen molar-refractivity contribution >= 4 is 51.5 Å². The molecule has 1 aliphatic heterocycles. The molecule has 2 N–H and O–H groups in total. The van der Waals surface area contributed by atoms with Crippen LogP contribution in [-0.2, 0) is 9.84 Å². The van der Waals surface area contributed by atoms with E-state index in [4.69, 9.17) is 5.73 Å². The summed E-state index contributed by atoms with van der Waals surface area (Å²) >= 11 is 1.85. The minimum Gasteiger partial charge on any atom is -0.370 e. The Morgan fingerprint density at radius 2 is 1.95 bits per heavy atom. The number of aliphatic imine (C=N–C) groups is 1. The van der Waals surface area contributed by atoms with Gasteiger partial charge in [-0.25, -0.2) is 12.8 Å². The second-order valence-corrected chi connectivity index (χ2v) is 7.89. The SMILES string of the molecule is I.NC(=NCCS(=O)(=O)c1ccccc1F)N1CCSCC1. The lowest BCUT2D eigenvalue weighted by molar-refractivity contribution is 0.456. The Labute approximate surface area is 151 Å². The average molecular weight is 459 g/mol. The molecule has 9 heteroatoms. The maximum atomic E-state index is 13.5. The molecule has 1 aromatic rings. The number of hydrogen-bond acceptors (Lipinski definition) is 4. The number of guanidine groups is 1. The van der Waals surface area contributed by atoms with Crippen molar-refractivity contribution in [2.75, 3.05) is 36.9 Å². The number of nitrogens with zero attached hydrogens (tertiary/aromatic N) is 2. The van der Waals surface area contributed by atoms with Crippen LogP contribution in [0.5, 0.6) is 0 Å². The lowest BCUT2D eigenvalue weighted by Gasteiger charge is -2.27. The number of thioether (sulfide) groups is 1. The van der Waals surface area contributed by atoms with Gasteiger partial charge in [-0.2, -0.15) is 11.8 Å². The van der Waals surface area contributed by atoms with E-state index in [2.05, 4.69) is 4.99 Å². The van der Waals surface area contributed by atoms with Gasteiger partial charge in [-0.3, -0.25) is 4.99 Å². The van der Waals surface area contributed by atoms with Crippen LogP contribution in [0.2, 0.25) is 0 Å². The zero-order valence-corrected chi connectivity index (χ0v) is 15.9. The summed E-state index contributed by atoms with van der Waals surface area (Å²) in [6.07, 6.45) is 0. The molecule has 0 radical (unpaired) electrons. The minimum atomic E-state index is -3.68. The van der Waals surface area contributed by atoms with Gasteiger partial charge in [0.2, 0.25) is 0 Å². The van der Waals surface area contributed by atoms with Gasteiger partial charge >= 0.3 is 0 Å². The van der Waals surface area contributed by atoms with Crippen LogP contribution in [0.3, 0.4) is 0 Å². The first-order valence-electron chi connectivity index (χ1n) is 6.60. The highest BCUT2D eigenvalue weighted by Gasteiger charge is 2.18. The Bertz CT molecular complexity index is 619. The van der Waals surface area contributed by atoms with E-state index in [0.717, 1.165) is 30.7 Å². The predicted octanol–water partition coefficient (Wildman–Crippen LogP) is 1.58. The molecule has 0 bridgehead atoms. The van der Waals surface area contributed by atoms with Gasteiger partial charge in [0.1, 0.15) is 10.7 Å². The zero-order valence-electron chi connectivity index (χ0n) is 11.9. The van der Waals surface area contributed by atoms with Gasteiger partial charge in [-0.1, -0.05) is 12.1 Å². The van der Waals surface area contributed by atoms with Crippen molar-refractivity contribution in [2.24, 2.45) is 10.7 Å². The van der Waals surface area contributed by atoms with Crippen molar-refractivity contribution in [3.8, 4) is 0 Å². The van der Waals surface area contributed by atoms with E-state index in [1.165, 1.54) is 18.2 Å². The Hall–Kier alpha value is -0.550. The summed E-state index contributed by atoms with van der Waals surface area (Å²) in [5.74, 6) is 1.35. The van der Waals surface area contributed by atoms with Crippen LogP contribution < -0.4 is 5.73 Å². The molecule has 0 saturated carbocycles. The summed E-state index contributed by atoms with van der Waals surface area (Å²) in [5, 5.41) is 0. The van der Waals surface area contributed by atoms with Gasteiger partial charge in [0.25, 0.3) is 0 Å². The van der Waals surface area contributed by atoms with Crippen LogP contribution in [0.25, 0.3) is 0 Å². The van der Waals surface area contributed by atoms with Gasteiger partial charge in [-0.15, -0.1) is 24.0 Å². The van der Waals surface area contributed by atoms with Crippen molar-refractivity contribution in [1.82, 2.24) is 4.90 Å². The maximum absolute atomic E-state index is 13.5. The summed E-state index contributed by atoms with van der Waals surface area (Å²) in [6.45, 7) is 1.67. The van der Waals surface area contributed by atoms with Crippen molar-refractivity contribution in [1.29, 1.82) is 0 Å². The quantitative estimate of drug-likeness (QED) is 0.421. The lowest BCUT2D eigenvalue weighted by atomic mass is 10.3. The second-order valence-electron chi connectivity index (χ2n) is 4.59. The number of benzene rings is 1. The van der Waals surface area contributed by atoms with Crippen LogP contribution in [0.4, 0.5) is 4.39 Å². The average Bonchev–Trinajstić information content (AvgIpc) is 2.48. The molecular formula is C13H19FIN3O2S2. The first-order chi connectivity index (χ1) is 10.0. The van der Waals surface area contributed by atoms with E-state index in [0.29, 0.717) is 5.96 Å². The molecule has 0 spiro atoms. The molecular weight excluding hydrogens is 440 g/mol. The third-order valence-corrected chi connectivity index (χ3v) is 5.80. The molecule has 0 atom stereocenters. The van der Waals surface area contributed by atoms with E-state index in [1.54, 1.807) is 0 Å². The number of sulfone groups is 1. The first kappa shape index (κ1) is 19.5. The van der Waals surface area contributed by atoms with E-state index in [1.807, 2.05) is 16.7 Å². The smallest absolute Gasteiger partial charge is 0.191 e. The van der Waals surface area contributed by atoms with E-state index >= 15 is 0 Å². The predicted molar refractivity (Wildman–Crippen MR) is 99.3 cm³/mol. The normalized spacial score (nSPS) is 16.2. The highest BCUT2D eigenvalue weighted by atomic mass is 127. The summed E-state index contributed by atoms with van der Waals surface area (Å²) in [4.78, 5) is 5.75. The molecule has 1 fully saturated rings. The Morgan fingerprint density at radius 3 is 2.59 bits per heavy atom. The van der Waals surface area contributed by atoms with Gasteiger partial charge < -0.3 is 10.6 Å². The minimum absolute atomic E-state index is 0. The van der Waals surface area contributed by atoms with Crippen molar-refractivity contribution in [3.05, 3.63) is 30.1 Å². The number of rotatable bonds is 4. The fraction of sp³-hybridized carbons (Fsp3) is 0.462. The first-order valence-corrected chi connectivity index (χ1v) is 9.41.